The first-order valence-corrected chi connectivity index (χ1v) is 5.10. The summed E-state index contributed by atoms with van der Waals surface area (Å²) in [6, 6.07) is 3.41. The van der Waals surface area contributed by atoms with Crippen LogP contribution in [0.4, 0.5) is 0 Å². The van der Waals surface area contributed by atoms with E-state index in [1.165, 1.54) is 6.26 Å². The number of primary amides is 1. The molecule has 0 bridgehead atoms. The first-order valence-electron chi connectivity index (χ1n) is 5.10. The number of rotatable bonds is 3. The van der Waals surface area contributed by atoms with E-state index in [0.29, 0.717) is 22.6 Å². The van der Waals surface area contributed by atoms with Crippen molar-refractivity contribution in [3.63, 3.8) is 0 Å². The quantitative estimate of drug-likeness (QED) is 0.723. The van der Waals surface area contributed by atoms with Gasteiger partial charge in [0.15, 0.2) is 11.5 Å². The van der Waals surface area contributed by atoms with Crippen LogP contribution < -0.4 is 5.73 Å². The van der Waals surface area contributed by atoms with Gasteiger partial charge >= 0.3 is 0 Å². The zero-order chi connectivity index (χ0) is 12.5. The van der Waals surface area contributed by atoms with Crippen molar-refractivity contribution in [3.05, 3.63) is 36.5 Å². The highest BCUT2D eigenvalue weighted by atomic mass is 16.5. The monoisotopic (exact) mass is 244 g/mol. The van der Waals surface area contributed by atoms with Crippen LogP contribution in [0.15, 0.2) is 39.7 Å². The Hall–Kier alpha value is -2.83. The molecule has 90 valence electrons. The summed E-state index contributed by atoms with van der Waals surface area (Å²) in [7, 11) is 0. The summed E-state index contributed by atoms with van der Waals surface area (Å²) in [6.45, 7) is 0. The fraction of sp³-hybridized carbons (Fsp3) is 0. The van der Waals surface area contributed by atoms with Crippen molar-refractivity contribution in [2.45, 2.75) is 0 Å². The maximum atomic E-state index is 11.3. The van der Waals surface area contributed by atoms with Crippen LogP contribution in [0.5, 0.6) is 0 Å². The number of nitrogens with one attached hydrogen (secondary N) is 1. The molecule has 0 aromatic carbocycles. The van der Waals surface area contributed by atoms with Crippen LogP contribution >= 0.6 is 0 Å². The summed E-state index contributed by atoms with van der Waals surface area (Å²) in [5.41, 5.74) is 6.42. The summed E-state index contributed by atoms with van der Waals surface area (Å²) in [5, 5.41) is 10.2. The fourth-order valence-electron chi connectivity index (χ4n) is 1.69. The number of hydrogen-bond acceptors (Lipinski definition) is 5. The van der Waals surface area contributed by atoms with Gasteiger partial charge in [0.2, 0.25) is 5.76 Å². The summed E-state index contributed by atoms with van der Waals surface area (Å²) < 4.78 is 10.4. The highest BCUT2D eigenvalue weighted by Crippen LogP contribution is 2.34. The van der Waals surface area contributed by atoms with Gasteiger partial charge in [-0.15, -0.1) is 0 Å². The number of furan rings is 1. The lowest BCUT2D eigenvalue weighted by Crippen LogP contribution is -2.12. The van der Waals surface area contributed by atoms with Gasteiger partial charge in [-0.25, -0.2) is 0 Å². The molecule has 0 saturated heterocycles. The molecule has 0 aliphatic rings. The molecule has 0 unspecified atom stereocenters. The first-order chi connectivity index (χ1) is 8.77. The fourth-order valence-corrected chi connectivity index (χ4v) is 1.69. The molecule has 3 N–H and O–H groups in total. The minimum absolute atomic E-state index is 0.0443. The van der Waals surface area contributed by atoms with Gasteiger partial charge in [0.25, 0.3) is 5.91 Å². The third kappa shape index (κ3) is 1.49. The second kappa shape index (κ2) is 3.88. The van der Waals surface area contributed by atoms with Crippen molar-refractivity contribution >= 4 is 5.91 Å². The lowest BCUT2D eigenvalue weighted by molar-refractivity contribution is 0.0992. The predicted molar refractivity (Wildman–Crippen MR) is 60.3 cm³/mol. The largest absolute Gasteiger partial charge is 0.461 e. The minimum atomic E-state index is -0.673. The molecule has 3 heterocycles. The van der Waals surface area contributed by atoms with Gasteiger partial charge in [-0.05, 0) is 12.1 Å². The number of carbonyl (C=O) groups is 1. The molecule has 0 fully saturated rings. The van der Waals surface area contributed by atoms with Crippen molar-refractivity contribution in [3.8, 4) is 22.6 Å². The topological polar surface area (TPSA) is 111 Å². The van der Waals surface area contributed by atoms with Crippen LogP contribution in [0, 0.1) is 0 Å². The van der Waals surface area contributed by atoms with Crippen molar-refractivity contribution < 1.29 is 13.7 Å². The molecule has 0 spiro atoms. The molecule has 7 nitrogen and oxygen atoms in total. The molecule has 3 aromatic heterocycles. The highest BCUT2D eigenvalue weighted by Gasteiger charge is 2.24. The van der Waals surface area contributed by atoms with Crippen molar-refractivity contribution in [1.82, 2.24) is 15.4 Å². The third-order valence-electron chi connectivity index (χ3n) is 2.46. The molecule has 0 saturated carbocycles. The number of aromatic amines is 1. The van der Waals surface area contributed by atoms with Crippen LogP contribution in [-0.2, 0) is 0 Å². The Labute approximate surface area is 101 Å². The summed E-state index contributed by atoms with van der Waals surface area (Å²) in [6.07, 6.45) is 4.66. The van der Waals surface area contributed by atoms with Gasteiger partial charge in [0.1, 0.15) is 0 Å². The lowest BCUT2D eigenvalue weighted by atomic mass is 10.1. The number of aromatic nitrogens is 3. The van der Waals surface area contributed by atoms with Gasteiger partial charge in [-0.1, -0.05) is 5.16 Å². The number of nitrogens with zero attached hydrogens (tertiary/aromatic N) is 2. The van der Waals surface area contributed by atoms with Gasteiger partial charge in [-0.2, -0.15) is 5.10 Å². The molecule has 0 atom stereocenters. The maximum Gasteiger partial charge on any atom is 0.271 e. The van der Waals surface area contributed by atoms with Crippen molar-refractivity contribution in [2.24, 2.45) is 5.73 Å². The summed E-state index contributed by atoms with van der Waals surface area (Å²) in [5.74, 6) is 0.133. The normalized spacial score (nSPS) is 10.7. The van der Waals surface area contributed by atoms with Crippen LogP contribution in [-0.4, -0.2) is 21.3 Å². The third-order valence-corrected chi connectivity index (χ3v) is 2.46. The van der Waals surface area contributed by atoms with E-state index in [0.717, 1.165) is 0 Å². The van der Waals surface area contributed by atoms with Gasteiger partial charge in [0.05, 0.1) is 18.0 Å². The van der Waals surface area contributed by atoms with E-state index < -0.39 is 5.91 Å². The maximum absolute atomic E-state index is 11.3. The van der Waals surface area contributed by atoms with E-state index in [4.69, 9.17) is 14.7 Å². The van der Waals surface area contributed by atoms with Crippen LogP contribution in [0.1, 0.15) is 10.5 Å². The van der Waals surface area contributed by atoms with Crippen LogP contribution in [0.2, 0.25) is 0 Å². The van der Waals surface area contributed by atoms with E-state index in [9.17, 15) is 4.79 Å². The molecular weight excluding hydrogens is 236 g/mol. The Balaban J connectivity index is 2.25. The lowest BCUT2D eigenvalue weighted by Gasteiger charge is -1.96. The molecule has 18 heavy (non-hydrogen) atoms. The zero-order valence-corrected chi connectivity index (χ0v) is 9.08. The van der Waals surface area contributed by atoms with E-state index in [1.54, 1.807) is 24.5 Å². The second-order valence-corrected chi connectivity index (χ2v) is 3.56. The average molecular weight is 244 g/mol. The summed E-state index contributed by atoms with van der Waals surface area (Å²) in [4.78, 5) is 11.3. The molecule has 7 heteroatoms. The Morgan fingerprint density at radius 1 is 1.44 bits per heavy atom. The Morgan fingerprint density at radius 2 is 2.33 bits per heavy atom. The number of hydrogen-bond donors (Lipinski definition) is 2. The second-order valence-electron chi connectivity index (χ2n) is 3.56. The number of nitrogens with two attached hydrogens (primary N) is 1. The van der Waals surface area contributed by atoms with Crippen LogP contribution in [0.3, 0.4) is 0 Å². The smallest absolute Gasteiger partial charge is 0.271 e. The standard InChI is InChI=1S/C11H8N4O3/c12-11(16)9-8(6-4-13-14-5-6)10(18-15-9)7-2-1-3-17-7/h1-5H,(H2,12,16)(H,13,14). The SMILES string of the molecule is NC(=O)c1noc(-c2ccco2)c1-c1cn[nH]c1. The van der Waals surface area contributed by atoms with Gasteiger partial charge in [-0.3, -0.25) is 9.89 Å². The zero-order valence-electron chi connectivity index (χ0n) is 9.08. The first kappa shape index (κ1) is 10.3. The molecule has 0 aliphatic heterocycles. The molecule has 0 radical (unpaired) electrons. The number of carbonyl (C=O) groups excluding carboxylic acids is 1. The Bertz CT molecular complexity index is 667. The molecule has 1 amide bonds. The van der Waals surface area contributed by atoms with Crippen molar-refractivity contribution in [1.29, 1.82) is 0 Å². The molecule has 0 aliphatic carbocycles. The molecule has 3 rings (SSSR count). The van der Waals surface area contributed by atoms with E-state index in [1.807, 2.05) is 0 Å². The molecule has 3 aromatic rings. The van der Waals surface area contributed by atoms with Gasteiger partial charge in [0, 0.05) is 11.8 Å². The Morgan fingerprint density at radius 3 is 2.94 bits per heavy atom. The summed E-state index contributed by atoms with van der Waals surface area (Å²) >= 11 is 0. The minimum Gasteiger partial charge on any atom is -0.461 e. The number of amides is 1. The highest BCUT2D eigenvalue weighted by molar-refractivity contribution is 6.00. The molecular formula is C11H8N4O3. The van der Waals surface area contributed by atoms with Crippen molar-refractivity contribution in [2.75, 3.05) is 0 Å². The van der Waals surface area contributed by atoms with E-state index >= 15 is 0 Å². The average Bonchev–Trinajstić information content (AvgIpc) is 3.10. The van der Waals surface area contributed by atoms with E-state index in [-0.39, 0.29) is 5.69 Å². The van der Waals surface area contributed by atoms with Gasteiger partial charge < -0.3 is 14.7 Å². The number of H-pyrrole nitrogens is 1. The predicted octanol–water partition coefficient (Wildman–Crippen LogP) is 1.42. The van der Waals surface area contributed by atoms with E-state index in [2.05, 4.69) is 15.4 Å². The Kier molecular flexibility index (Phi) is 2.23. The van der Waals surface area contributed by atoms with Crippen LogP contribution in [0.25, 0.3) is 22.6 Å².